The van der Waals surface area contributed by atoms with Crippen LogP contribution >= 0.6 is 0 Å². The van der Waals surface area contributed by atoms with Crippen molar-refractivity contribution >= 4 is 17.5 Å². The van der Waals surface area contributed by atoms with Crippen LogP contribution in [0.25, 0.3) is 0 Å². The van der Waals surface area contributed by atoms with Gasteiger partial charge in [-0.3, -0.25) is 4.79 Å². The summed E-state index contributed by atoms with van der Waals surface area (Å²) in [5.74, 6) is -0.609. The van der Waals surface area contributed by atoms with E-state index >= 15 is 0 Å². The van der Waals surface area contributed by atoms with E-state index in [0.29, 0.717) is 11.5 Å². The maximum absolute atomic E-state index is 13.7. The van der Waals surface area contributed by atoms with E-state index in [1.807, 2.05) is 6.07 Å². The van der Waals surface area contributed by atoms with Gasteiger partial charge in [-0.15, -0.1) is 0 Å². The third-order valence-corrected chi connectivity index (χ3v) is 3.96. The molecule has 1 aromatic heterocycles. The lowest BCUT2D eigenvalue weighted by atomic mass is 10.2. The normalized spacial score (nSPS) is 11.9. The minimum atomic E-state index is -0.790. The number of aromatic nitrogens is 2. The number of benzene rings is 2. The highest BCUT2D eigenvalue weighted by molar-refractivity contribution is 5.92. The van der Waals surface area contributed by atoms with Gasteiger partial charge in [-0.25, -0.2) is 18.7 Å². The van der Waals surface area contributed by atoms with Gasteiger partial charge in [0.2, 0.25) is 12.7 Å². The Morgan fingerprint density at radius 1 is 1.07 bits per heavy atom. The monoisotopic (exact) mass is 384 g/mol. The second-order valence-corrected chi connectivity index (χ2v) is 5.88. The molecule has 9 heteroatoms. The van der Waals surface area contributed by atoms with E-state index in [9.17, 15) is 13.6 Å². The van der Waals surface area contributed by atoms with Crippen molar-refractivity contribution in [1.29, 1.82) is 0 Å². The van der Waals surface area contributed by atoms with E-state index in [1.165, 1.54) is 18.3 Å². The molecule has 142 valence electrons. The van der Waals surface area contributed by atoms with Crippen LogP contribution in [0.15, 0.2) is 48.7 Å². The number of ether oxygens (including phenoxy) is 2. The van der Waals surface area contributed by atoms with E-state index in [4.69, 9.17) is 9.47 Å². The van der Waals surface area contributed by atoms with Crippen molar-refractivity contribution < 1.29 is 23.0 Å². The summed E-state index contributed by atoms with van der Waals surface area (Å²) in [6.45, 7) is 0.436. The minimum Gasteiger partial charge on any atom is -0.454 e. The van der Waals surface area contributed by atoms with Gasteiger partial charge in [-0.1, -0.05) is 6.07 Å². The molecular formula is C19H14F2N4O3. The number of carbonyl (C=O) groups is 1. The SMILES string of the molecule is O=C(NCc1ccc2c(c1)OCO2)c1ccnc(Nc2ccc(F)cc2F)n1. The summed E-state index contributed by atoms with van der Waals surface area (Å²) in [5, 5.41) is 5.36. The third kappa shape index (κ3) is 3.83. The van der Waals surface area contributed by atoms with Gasteiger partial charge in [-0.05, 0) is 35.9 Å². The fourth-order valence-electron chi connectivity index (χ4n) is 2.58. The van der Waals surface area contributed by atoms with Gasteiger partial charge in [0.05, 0.1) is 5.69 Å². The maximum Gasteiger partial charge on any atom is 0.270 e. The van der Waals surface area contributed by atoms with Gasteiger partial charge in [0.25, 0.3) is 5.91 Å². The molecule has 0 unspecified atom stereocenters. The lowest BCUT2D eigenvalue weighted by Gasteiger charge is -2.08. The Hall–Kier alpha value is -3.75. The lowest BCUT2D eigenvalue weighted by molar-refractivity contribution is 0.0946. The molecule has 1 amide bonds. The molecule has 1 aliphatic heterocycles. The van der Waals surface area contributed by atoms with Crippen LogP contribution in [0.4, 0.5) is 20.4 Å². The largest absolute Gasteiger partial charge is 0.454 e. The second-order valence-electron chi connectivity index (χ2n) is 5.88. The standard InChI is InChI=1S/C19H14F2N4O3/c20-12-2-3-14(13(21)8-12)24-19-22-6-5-15(25-19)18(26)23-9-11-1-4-16-17(7-11)28-10-27-16/h1-8H,9-10H2,(H,23,26)(H,22,24,25). The maximum atomic E-state index is 13.7. The first-order valence-corrected chi connectivity index (χ1v) is 8.30. The molecule has 1 aliphatic rings. The number of rotatable bonds is 5. The molecule has 2 aromatic carbocycles. The van der Waals surface area contributed by atoms with Crippen LogP contribution in [0.2, 0.25) is 0 Å². The van der Waals surface area contributed by atoms with Crippen LogP contribution in [-0.4, -0.2) is 22.7 Å². The van der Waals surface area contributed by atoms with Crippen LogP contribution in [0.1, 0.15) is 16.1 Å². The smallest absolute Gasteiger partial charge is 0.270 e. The molecule has 0 atom stereocenters. The molecule has 3 aromatic rings. The summed E-state index contributed by atoms with van der Waals surface area (Å²) in [6, 6.07) is 9.87. The summed E-state index contributed by atoms with van der Waals surface area (Å²) < 4.78 is 37.3. The van der Waals surface area contributed by atoms with Gasteiger partial charge in [0.1, 0.15) is 17.3 Å². The Bertz CT molecular complexity index is 1050. The molecule has 28 heavy (non-hydrogen) atoms. The summed E-state index contributed by atoms with van der Waals surface area (Å²) in [7, 11) is 0. The Labute approximate surface area is 158 Å². The number of hydrogen-bond acceptors (Lipinski definition) is 6. The zero-order valence-corrected chi connectivity index (χ0v) is 14.4. The number of fused-ring (bicyclic) bond motifs is 1. The predicted octanol–water partition coefficient (Wildman–Crippen LogP) is 3.16. The predicted molar refractivity (Wildman–Crippen MR) is 95.4 cm³/mol. The van der Waals surface area contributed by atoms with E-state index in [2.05, 4.69) is 20.6 Å². The summed E-state index contributed by atoms with van der Waals surface area (Å²) in [4.78, 5) is 20.4. The first-order valence-electron chi connectivity index (χ1n) is 8.30. The highest BCUT2D eigenvalue weighted by Crippen LogP contribution is 2.32. The number of nitrogens with zero attached hydrogens (tertiary/aromatic N) is 2. The van der Waals surface area contributed by atoms with Crippen molar-refractivity contribution in [3.63, 3.8) is 0 Å². The Kier molecular flexibility index (Phi) is 4.71. The fraction of sp³-hybridized carbons (Fsp3) is 0.105. The molecule has 4 rings (SSSR count). The van der Waals surface area contributed by atoms with Crippen LogP contribution in [0, 0.1) is 11.6 Å². The molecular weight excluding hydrogens is 370 g/mol. The van der Waals surface area contributed by atoms with E-state index < -0.39 is 17.5 Å². The van der Waals surface area contributed by atoms with Crippen LogP contribution in [0.5, 0.6) is 11.5 Å². The number of amides is 1. The van der Waals surface area contributed by atoms with E-state index in [1.54, 1.807) is 12.1 Å². The number of nitrogens with one attached hydrogen (secondary N) is 2. The molecule has 0 radical (unpaired) electrons. The Morgan fingerprint density at radius 3 is 2.79 bits per heavy atom. The van der Waals surface area contributed by atoms with Gasteiger partial charge in [0.15, 0.2) is 11.5 Å². The van der Waals surface area contributed by atoms with Gasteiger partial charge in [-0.2, -0.15) is 0 Å². The second kappa shape index (κ2) is 7.47. The Balaban J connectivity index is 1.42. The topological polar surface area (TPSA) is 85.4 Å². The molecule has 0 aliphatic carbocycles. The summed E-state index contributed by atoms with van der Waals surface area (Å²) in [6.07, 6.45) is 1.37. The van der Waals surface area contributed by atoms with Crippen LogP contribution in [-0.2, 0) is 6.54 Å². The first-order chi connectivity index (χ1) is 13.6. The average molecular weight is 384 g/mol. The highest BCUT2D eigenvalue weighted by Gasteiger charge is 2.14. The molecule has 0 spiro atoms. The molecule has 0 saturated carbocycles. The fourth-order valence-corrected chi connectivity index (χ4v) is 2.58. The van der Waals surface area contributed by atoms with Crippen molar-refractivity contribution in [1.82, 2.24) is 15.3 Å². The van der Waals surface area contributed by atoms with E-state index in [-0.39, 0.29) is 30.7 Å². The molecule has 0 fully saturated rings. The number of anilines is 2. The van der Waals surface area contributed by atoms with Crippen molar-refractivity contribution in [2.75, 3.05) is 12.1 Å². The first kappa shape index (κ1) is 17.7. The van der Waals surface area contributed by atoms with Gasteiger partial charge in [0, 0.05) is 18.8 Å². The van der Waals surface area contributed by atoms with Crippen LogP contribution in [0.3, 0.4) is 0 Å². The third-order valence-electron chi connectivity index (χ3n) is 3.96. The zero-order valence-electron chi connectivity index (χ0n) is 14.4. The summed E-state index contributed by atoms with van der Waals surface area (Å²) >= 11 is 0. The highest BCUT2D eigenvalue weighted by atomic mass is 19.1. The molecule has 2 N–H and O–H groups in total. The molecule has 2 heterocycles. The van der Waals surface area contributed by atoms with Gasteiger partial charge < -0.3 is 20.1 Å². The molecule has 7 nitrogen and oxygen atoms in total. The number of hydrogen-bond donors (Lipinski definition) is 2. The van der Waals surface area contributed by atoms with Crippen molar-refractivity contribution in [2.24, 2.45) is 0 Å². The average Bonchev–Trinajstić information content (AvgIpc) is 3.16. The number of carbonyl (C=O) groups excluding carboxylic acids is 1. The van der Waals surface area contributed by atoms with Crippen molar-refractivity contribution in [3.8, 4) is 11.5 Å². The molecule has 0 bridgehead atoms. The van der Waals surface area contributed by atoms with E-state index in [0.717, 1.165) is 17.7 Å². The van der Waals surface area contributed by atoms with Crippen LogP contribution < -0.4 is 20.1 Å². The summed E-state index contributed by atoms with van der Waals surface area (Å²) in [5.41, 5.74) is 0.929. The van der Waals surface area contributed by atoms with Crippen molar-refractivity contribution in [2.45, 2.75) is 6.54 Å². The lowest BCUT2D eigenvalue weighted by Crippen LogP contribution is -2.24. The molecule has 0 saturated heterocycles. The Morgan fingerprint density at radius 2 is 1.93 bits per heavy atom. The van der Waals surface area contributed by atoms with Crippen molar-refractivity contribution in [3.05, 3.63) is 71.6 Å². The van der Waals surface area contributed by atoms with Gasteiger partial charge >= 0.3 is 0 Å². The quantitative estimate of drug-likeness (QED) is 0.703. The number of halogens is 2. The zero-order chi connectivity index (χ0) is 19.5. The minimum absolute atomic E-state index is 0.000631.